The lowest BCUT2D eigenvalue weighted by molar-refractivity contribution is -0.138. The van der Waals surface area contributed by atoms with Crippen LogP contribution in [0.25, 0.3) is 5.69 Å². The lowest BCUT2D eigenvalue weighted by Crippen LogP contribution is -2.32. The Labute approximate surface area is 108 Å². The summed E-state index contributed by atoms with van der Waals surface area (Å²) < 4.78 is 14.8. The molecule has 1 aromatic carbocycles. The minimum atomic E-state index is -1.10. The first-order valence-electron chi connectivity index (χ1n) is 5.63. The van der Waals surface area contributed by atoms with E-state index in [-0.39, 0.29) is 12.2 Å². The molecule has 6 nitrogen and oxygen atoms in total. The molecule has 0 saturated carbocycles. The number of nitrogens with zero attached hydrogens (tertiary/aromatic N) is 3. The second-order valence-corrected chi connectivity index (χ2v) is 4.24. The summed E-state index contributed by atoms with van der Waals surface area (Å²) in [5, 5.41) is 16.3. The zero-order valence-electron chi connectivity index (χ0n) is 10.2. The third-order valence-electron chi connectivity index (χ3n) is 2.71. The second-order valence-electron chi connectivity index (χ2n) is 4.24. The van der Waals surface area contributed by atoms with Crippen molar-refractivity contribution in [3.63, 3.8) is 0 Å². The van der Waals surface area contributed by atoms with E-state index in [1.54, 1.807) is 19.1 Å². The van der Waals surface area contributed by atoms with Gasteiger partial charge in [-0.15, -0.1) is 5.10 Å². The summed E-state index contributed by atoms with van der Waals surface area (Å²) in [6.45, 7) is 1.66. The molecule has 0 fully saturated rings. The zero-order valence-corrected chi connectivity index (χ0v) is 10.2. The number of halogens is 1. The minimum absolute atomic E-state index is 0.0731. The van der Waals surface area contributed by atoms with Gasteiger partial charge in [0.25, 0.3) is 0 Å². The molecular formula is C12H13FN4O2. The maximum absolute atomic E-state index is 13.4. The number of aliphatic carboxylic acids is 1. The van der Waals surface area contributed by atoms with Gasteiger partial charge in [0.05, 0.1) is 17.6 Å². The Hall–Kier alpha value is -2.28. The molecule has 0 spiro atoms. The molecule has 100 valence electrons. The highest BCUT2D eigenvalue weighted by atomic mass is 19.1. The van der Waals surface area contributed by atoms with Gasteiger partial charge in [-0.2, -0.15) is 0 Å². The van der Waals surface area contributed by atoms with Crippen LogP contribution in [-0.4, -0.2) is 32.1 Å². The Bertz CT molecular complexity index is 612. The predicted molar refractivity (Wildman–Crippen MR) is 65.4 cm³/mol. The van der Waals surface area contributed by atoms with Gasteiger partial charge in [-0.3, -0.25) is 4.79 Å². The normalized spacial score (nSPS) is 12.4. The lowest BCUT2D eigenvalue weighted by atomic mass is 10.2. The summed E-state index contributed by atoms with van der Waals surface area (Å²) in [7, 11) is 0. The number of carboxylic acid groups (broad SMARTS) is 1. The van der Waals surface area contributed by atoms with Gasteiger partial charge in [0.15, 0.2) is 0 Å². The van der Waals surface area contributed by atoms with Gasteiger partial charge in [0.2, 0.25) is 0 Å². The summed E-state index contributed by atoms with van der Waals surface area (Å²) in [6.07, 6.45) is 1.61. The number of hydrogen-bond donors (Lipinski definition) is 2. The highest BCUT2D eigenvalue weighted by Gasteiger charge is 2.14. The van der Waals surface area contributed by atoms with Gasteiger partial charge >= 0.3 is 5.97 Å². The summed E-state index contributed by atoms with van der Waals surface area (Å²) >= 11 is 0. The van der Waals surface area contributed by atoms with E-state index in [9.17, 15) is 9.18 Å². The van der Waals surface area contributed by atoms with E-state index in [4.69, 9.17) is 10.8 Å². The number of aromatic nitrogens is 3. The van der Waals surface area contributed by atoms with E-state index in [1.165, 1.54) is 16.9 Å². The SMILES string of the molecule is Cc1ccc(-n2cc(CC(N)C(=O)O)nn2)cc1F. The van der Waals surface area contributed by atoms with Crippen LogP contribution in [0.4, 0.5) is 4.39 Å². The number of aryl methyl sites for hydroxylation is 1. The third-order valence-corrected chi connectivity index (χ3v) is 2.71. The summed E-state index contributed by atoms with van der Waals surface area (Å²) in [5.74, 6) is -1.44. The average Bonchev–Trinajstić information content (AvgIpc) is 2.81. The lowest BCUT2D eigenvalue weighted by Gasteiger charge is -2.02. The average molecular weight is 264 g/mol. The molecule has 0 bridgehead atoms. The quantitative estimate of drug-likeness (QED) is 0.846. The molecular weight excluding hydrogens is 251 g/mol. The Balaban J connectivity index is 2.20. The molecule has 0 saturated heterocycles. The molecule has 1 aromatic heterocycles. The van der Waals surface area contributed by atoms with Crippen LogP contribution >= 0.6 is 0 Å². The summed E-state index contributed by atoms with van der Waals surface area (Å²) in [4.78, 5) is 10.6. The van der Waals surface area contributed by atoms with Gasteiger partial charge in [-0.05, 0) is 24.6 Å². The van der Waals surface area contributed by atoms with Crippen LogP contribution in [0.2, 0.25) is 0 Å². The van der Waals surface area contributed by atoms with Crippen LogP contribution in [-0.2, 0) is 11.2 Å². The number of nitrogens with two attached hydrogens (primary N) is 1. The molecule has 0 radical (unpaired) electrons. The fourth-order valence-electron chi connectivity index (χ4n) is 1.56. The van der Waals surface area contributed by atoms with Crippen molar-refractivity contribution >= 4 is 5.97 Å². The Morgan fingerprint density at radius 1 is 1.58 bits per heavy atom. The first-order chi connectivity index (χ1) is 8.97. The van der Waals surface area contributed by atoms with Gasteiger partial charge < -0.3 is 10.8 Å². The summed E-state index contributed by atoms with van der Waals surface area (Å²) in [6, 6.07) is 3.65. The number of carbonyl (C=O) groups is 1. The van der Waals surface area contributed by atoms with E-state index in [0.29, 0.717) is 16.9 Å². The standard InChI is InChI=1S/C12H13FN4O2/c1-7-2-3-9(5-10(7)13)17-6-8(15-16-17)4-11(14)12(18)19/h2-3,5-6,11H,4,14H2,1H3,(H,18,19). The summed E-state index contributed by atoms with van der Waals surface area (Å²) in [5.41, 5.74) is 6.90. The van der Waals surface area contributed by atoms with Crippen molar-refractivity contribution < 1.29 is 14.3 Å². The van der Waals surface area contributed by atoms with Crippen LogP contribution in [0.1, 0.15) is 11.3 Å². The molecule has 19 heavy (non-hydrogen) atoms. The Kier molecular flexibility index (Phi) is 3.57. The molecule has 2 aromatic rings. The van der Waals surface area contributed by atoms with Crippen LogP contribution in [0, 0.1) is 12.7 Å². The first kappa shape index (κ1) is 13.2. The van der Waals surface area contributed by atoms with E-state index in [2.05, 4.69) is 10.3 Å². The van der Waals surface area contributed by atoms with Crippen LogP contribution < -0.4 is 5.73 Å². The van der Waals surface area contributed by atoms with Crippen LogP contribution in [0.15, 0.2) is 24.4 Å². The van der Waals surface area contributed by atoms with Crippen molar-refractivity contribution in [2.75, 3.05) is 0 Å². The molecule has 0 amide bonds. The van der Waals surface area contributed by atoms with Crippen molar-refractivity contribution in [2.24, 2.45) is 5.73 Å². The molecule has 0 aliphatic carbocycles. The van der Waals surface area contributed by atoms with Crippen molar-refractivity contribution in [1.29, 1.82) is 0 Å². The van der Waals surface area contributed by atoms with Crippen LogP contribution in [0.5, 0.6) is 0 Å². The van der Waals surface area contributed by atoms with E-state index in [0.717, 1.165) is 0 Å². The highest BCUT2D eigenvalue weighted by molar-refractivity contribution is 5.73. The fourth-order valence-corrected chi connectivity index (χ4v) is 1.56. The molecule has 7 heteroatoms. The fraction of sp³-hybridized carbons (Fsp3) is 0.250. The number of hydrogen-bond acceptors (Lipinski definition) is 4. The first-order valence-corrected chi connectivity index (χ1v) is 5.63. The van der Waals surface area contributed by atoms with Crippen molar-refractivity contribution in [3.8, 4) is 5.69 Å². The monoisotopic (exact) mass is 264 g/mol. The molecule has 1 unspecified atom stereocenters. The van der Waals surface area contributed by atoms with Gasteiger partial charge in [-0.25, -0.2) is 9.07 Å². The van der Waals surface area contributed by atoms with Crippen molar-refractivity contribution in [1.82, 2.24) is 15.0 Å². The van der Waals surface area contributed by atoms with E-state index < -0.39 is 12.0 Å². The van der Waals surface area contributed by atoms with Gasteiger partial charge in [0.1, 0.15) is 11.9 Å². The molecule has 1 heterocycles. The predicted octanol–water partition coefficient (Wildman–Crippen LogP) is 0.669. The Morgan fingerprint density at radius 3 is 2.95 bits per heavy atom. The molecule has 0 aliphatic heterocycles. The maximum atomic E-state index is 13.4. The number of rotatable bonds is 4. The topological polar surface area (TPSA) is 94.0 Å². The second kappa shape index (κ2) is 5.15. The largest absolute Gasteiger partial charge is 0.480 e. The molecule has 2 rings (SSSR count). The highest BCUT2D eigenvalue weighted by Crippen LogP contribution is 2.13. The third kappa shape index (κ3) is 2.94. The van der Waals surface area contributed by atoms with Gasteiger partial charge in [0, 0.05) is 6.42 Å². The maximum Gasteiger partial charge on any atom is 0.320 e. The van der Waals surface area contributed by atoms with E-state index >= 15 is 0 Å². The van der Waals surface area contributed by atoms with Crippen LogP contribution in [0.3, 0.4) is 0 Å². The molecule has 0 aliphatic rings. The van der Waals surface area contributed by atoms with Gasteiger partial charge in [-0.1, -0.05) is 11.3 Å². The molecule has 1 atom stereocenters. The van der Waals surface area contributed by atoms with Crippen molar-refractivity contribution in [2.45, 2.75) is 19.4 Å². The zero-order chi connectivity index (χ0) is 14.0. The van der Waals surface area contributed by atoms with Crippen molar-refractivity contribution in [3.05, 3.63) is 41.5 Å². The number of carboxylic acids is 1. The Morgan fingerprint density at radius 2 is 2.32 bits per heavy atom. The number of benzene rings is 1. The minimum Gasteiger partial charge on any atom is -0.480 e. The molecule has 3 N–H and O–H groups in total. The van der Waals surface area contributed by atoms with E-state index in [1.807, 2.05) is 0 Å². The smallest absolute Gasteiger partial charge is 0.320 e.